The van der Waals surface area contributed by atoms with E-state index in [0.29, 0.717) is 13.0 Å². The predicted molar refractivity (Wildman–Crippen MR) is 61.0 cm³/mol. The van der Waals surface area contributed by atoms with E-state index in [1.807, 2.05) is 27.7 Å². The fourth-order valence-electron chi connectivity index (χ4n) is 1.91. The lowest BCUT2D eigenvalue weighted by molar-refractivity contribution is -0.151. The second-order valence-corrected chi connectivity index (χ2v) is 5.62. The van der Waals surface area contributed by atoms with Crippen molar-refractivity contribution in [2.45, 2.75) is 46.6 Å². The predicted octanol–water partition coefficient (Wildman–Crippen LogP) is 1.74. The monoisotopic (exact) mass is 227 g/mol. The van der Waals surface area contributed by atoms with Crippen LogP contribution in [0.4, 0.5) is 0 Å². The first-order chi connectivity index (χ1) is 7.25. The molecule has 1 N–H and O–H groups in total. The number of aliphatic carboxylic acids is 1. The summed E-state index contributed by atoms with van der Waals surface area (Å²) >= 11 is 0. The summed E-state index contributed by atoms with van der Waals surface area (Å²) < 4.78 is 0. The molecular weight excluding hydrogens is 206 g/mol. The van der Waals surface area contributed by atoms with E-state index in [-0.39, 0.29) is 17.2 Å². The van der Waals surface area contributed by atoms with E-state index in [9.17, 15) is 9.59 Å². The van der Waals surface area contributed by atoms with Crippen molar-refractivity contribution >= 4 is 11.9 Å². The van der Waals surface area contributed by atoms with Crippen LogP contribution in [-0.2, 0) is 9.59 Å². The number of amides is 1. The molecule has 0 bridgehead atoms. The second-order valence-electron chi connectivity index (χ2n) is 5.62. The van der Waals surface area contributed by atoms with Crippen LogP contribution in [0.1, 0.15) is 40.5 Å². The molecule has 0 aromatic carbocycles. The molecule has 0 saturated carbocycles. The lowest BCUT2D eigenvalue weighted by Crippen LogP contribution is -2.45. The third-order valence-corrected chi connectivity index (χ3v) is 3.49. The molecule has 16 heavy (non-hydrogen) atoms. The van der Waals surface area contributed by atoms with E-state index in [2.05, 4.69) is 0 Å². The number of nitrogens with zero attached hydrogens (tertiary/aromatic N) is 1. The summed E-state index contributed by atoms with van der Waals surface area (Å²) in [7, 11) is 0. The number of rotatable bonds is 2. The molecule has 0 spiro atoms. The highest BCUT2D eigenvalue weighted by Crippen LogP contribution is 2.30. The van der Waals surface area contributed by atoms with Crippen LogP contribution in [-0.4, -0.2) is 34.5 Å². The first kappa shape index (κ1) is 13.0. The van der Waals surface area contributed by atoms with Crippen LogP contribution in [0.3, 0.4) is 0 Å². The zero-order valence-electron chi connectivity index (χ0n) is 10.5. The van der Waals surface area contributed by atoms with Gasteiger partial charge in [0.15, 0.2) is 0 Å². The Morgan fingerprint density at radius 1 is 1.38 bits per heavy atom. The molecule has 1 aliphatic rings. The van der Waals surface area contributed by atoms with Crippen LogP contribution in [0.15, 0.2) is 0 Å². The van der Waals surface area contributed by atoms with Crippen molar-refractivity contribution in [2.75, 3.05) is 6.54 Å². The normalized spacial score (nSPS) is 23.2. The Bertz CT molecular complexity index is 293. The number of carboxylic acid groups (broad SMARTS) is 1. The quantitative estimate of drug-likeness (QED) is 0.781. The molecule has 1 heterocycles. The van der Waals surface area contributed by atoms with Gasteiger partial charge >= 0.3 is 5.97 Å². The average Bonchev–Trinajstić information content (AvgIpc) is 2.62. The van der Waals surface area contributed by atoms with Gasteiger partial charge < -0.3 is 10.0 Å². The highest BCUT2D eigenvalue weighted by molar-refractivity contribution is 5.85. The minimum absolute atomic E-state index is 0.0302. The number of carbonyl (C=O) groups is 2. The number of carboxylic acids is 1. The van der Waals surface area contributed by atoms with Gasteiger partial charge in [0, 0.05) is 12.5 Å². The molecule has 1 aliphatic heterocycles. The van der Waals surface area contributed by atoms with Gasteiger partial charge in [-0.25, -0.2) is 4.79 Å². The van der Waals surface area contributed by atoms with E-state index in [1.165, 1.54) is 4.90 Å². The number of likely N-dealkylation sites (tertiary alicyclic amines) is 1. The van der Waals surface area contributed by atoms with Gasteiger partial charge in [0.25, 0.3) is 0 Å². The van der Waals surface area contributed by atoms with E-state index in [0.717, 1.165) is 6.42 Å². The Hall–Kier alpha value is -1.06. The Labute approximate surface area is 96.6 Å². The smallest absolute Gasteiger partial charge is 0.326 e. The lowest BCUT2D eigenvalue weighted by Gasteiger charge is -2.32. The fraction of sp³-hybridized carbons (Fsp3) is 0.833. The first-order valence-corrected chi connectivity index (χ1v) is 5.78. The summed E-state index contributed by atoms with van der Waals surface area (Å²) in [5, 5.41) is 9.02. The van der Waals surface area contributed by atoms with Gasteiger partial charge in [0.1, 0.15) is 6.04 Å². The highest BCUT2D eigenvalue weighted by atomic mass is 16.4. The molecule has 1 rings (SSSR count). The van der Waals surface area contributed by atoms with Crippen molar-refractivity contribution in [3.63, 3.8) is 0 Å². The summed E-state index contributed by atoms with van der Waals surface area (Å²) in [6, 6.07) is -0.614. The van der Waals surface area contributed by atoms with Crippen LogP contribution in [0, 0.1) is 11.3 Å². The van der Waals surface area contributed by atoms with Crippen LogP contribution >= 0.6 is 0 Å². The molecule has 1 fully saturated rings. The maximum atomic E-state index is 12.2. The standard InChI is InChI=1S/C12H21NO3/c1-8(12(2,3)4)10(14)13-7-5-6-9(13)11(15)16/h8-9H,5-7H2,1-4H3,(H,15,16). The minimum atomic E-state index is -0.882. The molecular formula is C12H21NO3. The second kappa shape index (κ2) is 4.44. The summed E-state index contributed by atoms with van der Waals surface area (Å²) in [6.07, 6.45) is 1.37. The van der Waals surface area contributed by atoms with E-state index >= 15 is 0 Å². The maximum absolute atomic E-state index is 12.2. The Kier molecular flexibility index (Phi) is 3.61. The third kappa shape index (κ3) is 2.54. The number of carbonyl (C=O) groups excluding carboxylic acids is 1. The minimum Gasteiger partial charge on any atom is -0.480 e. The molecule has 4 heteroatoms. The van der Waals surface area contributed by atoms with Gasteiger partial charge in [-0.1, -0.05) is 27.7 Å². The molecule has 4 nitrogen and oxygen atoms in total. The van der Waals surface area contributed by atoms with Crippen molar-refractivity contribution < 1.29 is 14.7 Å². The molecule has 2 unspecified atom stereocenters. The van der Waals surface area contributed by atoms with E-state index in [1.54, 1.807) is 0 Å². The Balaban J connectivity index is 2.77. The molecule has 1 amide bonds. The highest BCUT2D eigenvalue weighted by Gasteiger charge is 2.38. The molecule has 92 valence electrons. The zero-order chi connectivity index (χ0) is 12.5. The summed E-state index contributed by atoms with van der Waals surface area (Å²) in [6.45, 7) is 8.46. The summed E-state index contributed by atoms with van der Waals surface area (Å²) in [4.78, 5) is 24.7. The number of hydrogen-bond acceptors (Lipinski definition) is 2. The van der Waals surface area contributed by atoms with Gasteiger partial charge in [0.05, 0.1) is 0 Å². The first-order valence-electron chi connectivity index (χ1n) is 5.78. The van der Waals surface area contributed by atoms with Crippen LogP contribution in [0.25, 0.3) is 0 Å². The molecule has 0 aliphatic carbocycles. The van der Waals surface area contributed by atoms with Crippen molar-refractivity contribution in [3.05, 3.63) is 0 Å². The molecule has 0 aromatic rings. The van der Waals surface area contributed by atoms with E-state index < -0.39 is 12.0 Å². The molecule has 2 atom stereocenters. The molecule has 1 saturated heterocycles. The van der Waals surface area contributed by atoms with Crippen molar-refractivity contribution in [1.29, 1.82) is 0 Å². The SMILES string of the molecule is CC(C(=O)N1CCCC1C(=O)O)C(C)(C)C. The lowest BCUT2D eigenvalue weighted by atomic mass is 9.81. The fourth-order valence-corrected chi connectivity index (χ4v) is 1.91. The van der Waals surface area contributed by atoms with Gasteiger partial charge in [0.2, 0.25) is 5.91 Å². The number of hydrogen-bond donors (Lipinski definition) is 1. The molecule has 0 radical (unpaired) electrons. The van der Waals surface area contributed by atoms with Gasteiger partial charge in [-0.15, -0.1) is 0 Å². The molecule has 0 aromatic heterocycles. The largest absolute Gasteiger partial charge is 0.480 e. The van der Waals surface area contributed by atoms with Crippen LogP contribution in [0.2, 0.25) is 0 Å². The Morgan fingerprint density at radius 2 is 1.94 bits per heavy atom. The average molecular weight is 227 g/mol. The topological polar surface area (TPSA) is 57.6 Å². The third-order valence-electron chi connectivity index (χ3n) is 3.49. The van der Waals surface area contributed by atoms with Crippen LogP contribution < -0.4 is 0 Å². The van der Waals surface area contributed by atoms with Gasteiger partial charge in [-0.2, -0.15) is 0 Å². The van der Waals surface area contributed by atoms with Gasteiger partial charge in [-0.3, -0.25) is 4.79 Å². The maximum Gasteiger partial charge on any atom is 0.326 e. The van der Waals surface area contributed by atoms with E-state index in [4.69, 9.17) is 5.11 Å². The van der Waals surface area contributed by atoms with Crippen LogP contribution in [0.5, 0.6) is 0 Å². The van der Waals surface area contributed by atoms with Gasteiger partial charge in [-0.05, 0) is 18.3 Å². The summed E-state index contributed by atoms with van der Waals surface area (Å²) in [5.74, 6) is -1.06. The summed E-state index contributed by atoms with van der Waals surface area (Å²) in [5.41, 5.74) is -0.122. The Morgan fingerprint density at radius 3 is 2.38 bits per heavy atom. The van der Waals surface area contributed by atoms with Crippen molar-refractivity contribution in [2.24, 2.45) is 11.3 Å². The van der Waals surface area contributed by atoms with Crippen molar-refractivity contribution in [3.8, 4) is 0 Å². The van der Waals surface area contributed by atoms with Crippen molar-refractivity contribution in [1.82, 2.24) is 4.90 Å². The zero-order valence-corrected chi connectivity index (χ0v) is 10.5.